The first-order chi connectivity index (χ1) is 11.4. The molecule has 24 heavy (non-hydrogen) atoms. The number of carbonyl (C=O) groups excluding carboxylic acids is 2. The average Bonchev–Trinajstić information content (AvgIpc) is 2.56. The van der Waals surface area contributed by atoms with Crippen LogP contribution in [-0.2, 0) is 4.79 Å². The van der Waals surface area contributed by atoms with Crippen LogP contribution >= 0.6 is 0 Å². The van der Waals surface area contributed by atoms with Gasteiger partial charge in [-0.15, -0.1) is 0 Å². The molecule has 0 saturated heterocycles. The lowest BCUT2D eigenvalue weighted by Gasteiger charge is -2.15. The van der Waals surface area contributed by atoms with Gasteiger partial charge in [-0.2, -0.15) is 0 Å². The van der Waals surface area contributed by atoms with Gasteiger partial charge in [-0.1, -0.05) is 18.2 Å². The molecule has 0 aliphatic heterocycles. The highest BCUT2D eigenvalue weighted by molar-refractivity contribution is 5.95. The van der Waals surface area contributed by atoms with Crippen LogP contribution in [0.15, 0.2) is 42.5 Å². The van der Waals surface area contributed by atoms with E-state index in [1.807, 2.05) is 0 Å². The van der Waals surface area contributed by atoms with Crippen molar-refractivity contribution in [3.8, 4) is 5.75 Å². The van der Waals surface area contributed by atoms with Gasteiger partial charge in [-0.25, -0.2) is 8.78 Å². The second-order valence-electron chi connectivity index (χ2n) is 5.10. The van der Waals surface area contributed by atoms with Gasteiger partial charge in [-0.3, -0.25) is 20.4 Å². The summed E-state index contributed by atoms with van der Waals surface area (Å²) in [5.74, 6) is -2.56. The number of hydrazine groups is 1. The third-order valence-corrected chi connectivity index (χ3v) is 3.24. The number of nitrogens with one attached hydrogen (secondary N) is 2. The van der Waals surface area contributed by atoms with E-state index in [1.54, 1.807) is 13.0 Å². The van der Waals surface area contributed by atoms with Crippen LogP contribution in [0.2, 0.25) is 0 Å². The number of hydrogen-bond acceptors (Lipinski definition) is 3. The molecule has 2 rings (SSSR count). The fourth-order valence-electron chi connectivity index (χ4n) is 1.81. The molecular formula is C17H16F2N2O3. The number of rotatable bonds is 4. The Hall–Kier alpha value is -2.96. The fraction of sp³-hybridized carbons (Fsp3) is 0.176. The summed E-state index contributed by atoms with van der Waals surface area (Å²) in [4.78, 5) is 23.7. The molecule has 0 aliphatic rings. The standard InChI is InChI=1S/C17H16F2N2O3/c1-10-7-8-12(9-14(10)19)17(23)21-20-16(22)11(2)24-15-6-4-3-5-13(15)18/h3-9,11H,1-2H3,(H,20,22)(H,21,23)/t11-/m1/s1. The molecule has 126 valence electrons. The quantitative estimate of drug-likeness (QED) is 0.844. The van der Waals surface area contributed by atoms with E-state index in [1.165, 1.54) is 37.3 Å². The molecule has 0 aliphatic carbocycles. The minimum absolute atomic E-state index is 0.0566. The maximum absolute atomic E-state index is 13.5. The molecule has 0 heterocycles. The van der Waals surface area contributed by atoms with Gasteiger partial charge in [-0.05, 0) is 43.7 Å². The molecule has 5 nitrogen and oxygen atoms in total. The predicted molar refractivity (Wildman–Crippen MR) is 83.2 cm³/mol. The van der Waals surface area contributed by atoms with E-state index in [-0.39, 0.29) is 11.3 Å². The number of para-hydroxylation sites is 1. The van der Waals surface area contributed by atoms with Crippen molar-refractivity contribution in [2.24, 2.45) is 0 Å². The zero-order valence-corrected chi connectivity index (χ0v) is 13.1. The van der Waals surface area contributed by atoms with Crippen molar-refractivity contribution in [2.75, 3.05) is 0 Å². The van der Waals surface area contributed by atoms with E-state index in [2.05, 4.69) is 10.9 Å². The summed E-state index contributed by atoms with van der Waals surface area (Å²) in [6.07, 6.45) is -1.04. The first kappa shape index (κ1) is 17.4. The summed E-state index contributed by atoms with van der Waals surface area (Å²) in [5, 5.41) is 0. The summed E-state index contributed by atoms with van der Waals surface area (Å²) in [7, 11) is 0. The maximum atomic E-state index is 13.5. The highest BCUT2D eigenvalue weighted by Crippen LogP contribution is 2.16. The smallest absolute Gasteiger partial charge is 0.279 e. The largest absolute Gasteiger partial charge is 0.478 e. The molecule has 0 fully saturated rings. The second-order valence-corrected chi connectivity index (χ2v) is 5.10. The number of halogens is 2. The molecule has 0 saturated carbocycles. The first-order valence-electron chi connectivity index (χ1n) is 7.16. The third-order valence-electron chi connectivity index (χ3n) is 3.24. The topological polar surface area (TPSA) is 67.4 Å². The molecule has 2 aromatic carbocycles. The van der Waals surface area contributed by atoms with E-state index >= 15 is 0 Å². The average molecular weight is 334 g/mol. The second kappa shape index (κ2) is 7.54. The Morgan fingerprint density at radius 2 is 1.75 bits per heavy atom. The Labute approximate surface area is 137 Å². The van der Waals surface area contributed by atoms with Crippen molar-refractivity contribution in [2.45, 2.75) is 20.0 Å². The minimum atomic E-state index is -1.04. The van der Waals surface area contributed by atoms with E-state index in [0.717, 1.165) is 6.07 Å². The number of aryl methyl sites for hydroxylation is 1. The highest BCUT2D eigenvalue weighted by Gasteiger charge is 2.17. The number of ether oxygens (including phenoxy) is 1. The van der Waals surface area contributed by atoms with Crippen molar-refractivity contribution in [1.29, 1.82) is 0 Å². The molecule has 2 amide bonds. The van der Waals surface area contributed by atoms with Gasteiger partial charge in [0.15, 0.2) is 17.7 Å². The van der Waals surface area contributed by atoms with Crippen LogP contribution in [0.5, 0.6) is 5.75 Å². The summed E-state index contributed by atoms with van der Waals surface area (Å²) < 4.78 is 32.1. The Morgan fingerprint density at radius 1 is 1.04 bits per heavy atom. The third kappa shape index (κ3) is 4.28. The van der Waals surface area contributed by atoms with Crippen LogP contribution in [-0.4, -0.2) is 17.9 Å². The molecular weight excluding hydrogens is 318 g/mol. The van der Waals surface area contributed by atoms with Gasteiger partial charge in [0.25, 0.3) is 11.8 Å². The lowest BCUT2D eigenvalue weighted by atomic mass is 10.1. The van der Waals surface area contributed by atoms with Crippen LogP contribution in [0.25, 0.3) is 0 Å². The van der Waals surface area contributed by atoms with Gasteiger partial charge < -0.3 is 4.74 Å². The molecule has 0 unspecified atom stereocenters. The number of carbonyl (C=O) groups is 2. The van der Waals surface area contributed by atoms with Crippen molar-refractivity contribution >= 4 is 11.8 Å². The molecule has 2 aromatic rings. The SMILES string of the molecule is Cc1ccc(C(=O)NNC(=O)[C@@H](C)Oc2ccccc2F)cc1F. The number of benzene rings is 2. The minimum Gasteiger partial charge on any atom is -0.478 e. The van der Waals surface area contributed by atoms with Gasteiger partial charge in [0.1, 0.15) is 5.82 Å². The van der Waals surface area contributed by atoms with Crippen LogP contribution in [0.3, 0.4) is 0 Å². The van der Waals surface area contributed by atoms with Crippen molar-refractivity contribution in [3.05, 3.63) is 65.2 Å². The number of hydrogen-bond donors (Lipinski definition) is 2. The predicted octanol–water partition coefficient (Wildman–Crippen LogP) is 2.50. The monoisotopic (exact) mass is 334 g/mol. The summed E-state index contributed by atoms with van der Waals surface area (Å²) in [6, 6.07) is 9.59. The van der Waals surface area contributed by atoms with Gasteiger partial charge >= 0.3 is 0 Å². The Balaban J connectivity index is 1.91. The Kier molecular flexibility index (Phi) is 5.47. The highest BCUT2D eigenvalue weighted by atomic mass is 19.1. The molecule has 0 radical (unpaired) electrons. The zero-order chi connectivity index (χ0) is 17.7. The maximum Gasteiger partial charge on any atom is 0.279 e. The Bertz CT molecular complexity index is 765. The normalized spacial score (nSPS) is 11.5. The molecule has 1 atom stereocenters. The van der Waals surface area contributed by atoms with Gasteiger partial charge in [0.2, 0.25) is 0 Å². The molecule has 7 heteroatoms. The van der Waals surface area contributed by atoms with Crippen LogP contribution in [0.1, 0.15) is 22.8 Å². The van der Waals surface area contributed by atoms with E-state index in [9.17, 15) is 18.4 Å². The van der Waals surface area contributed by atoms with Crippen molar-refractivity contribution < 1.29 is 23.1 Å². The summed E-state index contributed by atoms with van der Waals surface area (Å²) >= 11 is 0. The Morgan fingerprint density at radius 3 is 2.42 bits per heavy atom. The molecule has 2 N–H and O–H groups in total. The van der Waals surface area contributed by atoms with E-state index in [4.69, 9.17) is 4.74 Å². The summed E-state index contributed by atoms with van der Waals surface area (Å²) in [5.41, 5.74) is 4.76. The van der Waals surface area contributed by atoms with Crippen molar-refractivity contribution in [3.63, 3.8) is 0 Å². The van der Waals surface area contributed by atoms with Crippen LogP contribution < -0.4 is 15.6 Å². The zero-order valence-electron chi connectivity index (χ0n) is 13.1. The molecule has 0 bridgehead atoms. The molecule has 0 spiro atoms. The van der Waals surface area contributed by atoms with Crippen molar-refractivity contribution in [1.82, 2.24) is 10.9 Å². The lowest BCUT2D eigenvalue weighted by Crippen LogP contribution is -2.47. The van der Waals surface area contributed by atoms with E-state index in [0.29, 0.717) is 5.56 Å². The fourth-order valence-corrected chi connectivity index (χ4v) is 1.81. The van der Waals surface area contributed by atoms with Crippen LogP contribution in [0, 0.1) is 18.6 Å². The number of amides is 2. The van der Waals surface area contributed by atoms with Crippen LogP contribution in [0.4, 0.5) is 8.78 Å². The summed E-state index contributed by atoms with van der Waals surface area (Å²) in [6.45, 7) is 2.97. The lowest BCUT2D eigenvalue weighted by molar-refractivity contribution is -0.128. The first-order valence-corrected chi connectivity index (χ1v) is 7.16. The van der Waals surface area contributed by atoms with Gasteiger partial charge in [0, 0.05) is 5.56 Å². The van der Waals surface area contributed by atoms with Gasteiger partial charge in [0.05, 0.1) is 0 Å². The van der Waals surface area contributed by atoms with E-state index < -0.39 is 29.6 Å². The molecule has 0 aromatic heterocycles.